The van der Waals surface area contributed by atoms with Crippen LogP contribution in [0.5, 0.6) is 0 Å². The number of imidazole rings is 1. The van der Waals surface area contributed by atoms with Crippen molar-refractivity contribution in [1.82, 2.24) is 14.6 Å². The number of hydrogen-bond acceptors (Lipinski definition) is 2. The smallest absolute Gasteiger partial charge is 0.156 e. The van der Waals surface area contributed by atoms with Gasteiger partial charge in [0.1, 0.15) is 0 Å². The molecule has 0 atom stereocenters. The van der Waals surface area contributed by atoms with Crippen molar-refractivity contribution in [3.63, 3.8) is 0 Å². The van der Waals surface area contributed by atoms with Crippen molar-refractivity contribution in [2.75, 3.05) is 0 Å². The number of fused-ring (bicyclic) bond motifs is 1. The molecule has 0 aliphatic carbocycles. The van der Waals surface area contributed by atoms with Gasteiger partial charge in [-0.05, 0) is 32.4 Å². The Kier molecular flexibility index (Phi) is 6.38. The van der Waals surface area contributed by atoms with Crippen LogP contribution in [-0.4, -0.2) is 14.6 Å². The third kappa shape index (κ3) is 3.33. The van der Waals surface area contributed by atoms with E-state index in [1.54, 1.807) is 0 Å². The van der Waals surface area contributed by atoms with Crippen LogP contribution in [0.4, 0.5) is 0 Å². The van der Waals surface area contributed by atoms with Gasteiger partial charge in [0.2, 0.25) is 0 Å². The van der Waals surface area contributed by atoms with Gasteiger partial charge in [-0.15, -0.1) is 0 Å². The van der Waals surface area contributed by atoms with Crippen molar-refractivity contribution in [2.24, 2.45) is 0 Å². The van der Waals surface area contributed by atoms with E-state index in [2.05, 4.69) is 17.0 Å². The Balaban J connectivity index is 0.000000509. The summed E-state index contributed by atoms with van der Waals surface area (Å²) >= 11 is 0. The molecule has 3 nitrogen and oxygen atoms in total. The van der Waals surface area contributed by atoms with Crippen LogP contribution in [0.15, 0.2) is 12.3 Å². The normalized spacial score (nSPS) is 8.94. The quantitative estimate of drug-likeness (QED) is 0.679. The average Bonchev–Trinajstić information content (AvgIpc) is 2.65. The Morgan fingerprint density at radius 2 is 1.50 bits per heavy atom. The highest BCUT2D eigenvalue weighted by molar-refractivity contribution is 5.47. The summed E-state index contributed by atoms with van der Waals surface area (Å²) in [6, 6.07) is 2.04. The fourth-order valence-electron chi connectivity index (χ4n) is 1.41. The van der Waals surface area contributed by atoms with E-state index >= 15 is 0 Å². The fourth-order valence-corrected chi connectivity index (χ4v) is 1.41. The Labute approximate surface area is 98.5 Å². The minimum atomic E-state index is 0.957. The zero-order valence-corrected chi connectivity index (χ0v) is 11.5. The molecule has 0 spiro atoms. The minimum absolute atomic E-state index is 0.957. The number of rotatable bonds is 0. The Morgan fingerprint density at radius 3 is 2.06 bits per heavy atom. The zero-order valence-electron chi connectivity index (χ0n) is 11.5. The van der Waals surface area contributed by atoms with Crippen molar-refractivity contribution < 1.29 is 0 Å². The van der Waals surface area contributed by atoms with E-state index < -0.39 is 0 Å². The van der Waals surface area contributed by atoms with Gasteiger partial charge >= 0.3 is 0 Å². The van der Waals surface area contributed by atoms with E-state index in [0.717, 1.165) is 17.0 Å². The number of hydrogen-bond donors (Lipinski definition) is 0. The lowest BCUT2D eigenvalue weighted by atomic mass is 10.3. The molecule has 0 saturated carbocycles. The van der Waals surface area contributed by atoms with Gasteiger partial charge in [0.05, 0.1) is 17.6 Å². The van der Waals surface area contributed by atoms with E-state index in [9.17, 15) is 0 Å². The summed E-state index contributed by atoms with van der Waals surface area (Å²) < 4.78 is 1.83. The molecule has 2 aromatic heterocycles. The molecule has 16 heavy (non-hydrogen) atoms. The predicted molar refractivity (Wildman–Crippen MR) is 69.9 cm³/mol. The molecule has 2 heterocycles. The molecule has 0 aliphatic rings. The standard InChI is InChI=1S/C9H11N3.2C2H6/c1-6-4-7(2)11-12-5-8(3)10-9(6)12;2*1-2/h4-5H,1-3H3;2*1-2H3. The van der Waals surface area contributed by atoms with E-state index in [0.29, 0.717) is 0 Å². The lowest BCUT2D eigenvalue weighted by Gasteiger charge is -1.97. The second-order valence-electron chi connectivity index (χ2n) is 3.12. The first-order valence-corrected chi connectivity index (χ1v) is 5.97. The number of aromatic nitrogens is 3. The van der Waals surface area contributed by atoms with Crippen LogP contribution < -0.4 is 0 Å². The third-order valence-corrected chi connectivity index (χ3v) is 1.85. The lowest BCUT2D eigenvalue weighted by Crippen LogP contribution is -1.95. The van der Waals surface area contributed by atoms with Crippen molar-refractivity contribution in [3.8, 4) is 0 Å². The van der Waals surface area contributed by atoms with Crippen LogP contribution in [0.2, 0.25) is 0 Å². The van der Waals surface area contributed by atoms with E-state index in [-0.39, 0.29) is 0 Å². The van der Waals surface area contributed by atoms with E-state index in [1.807, 2.05) is 58.3 Å². The molecule has 2 rings (SSSR count). The maximum Gasteiger partial charge on any atom is 0.156 e. The van der Waals surface area contributed by atoms with Gasteiger partial charge in [0, 0.05) is 0 Å². The molecule has 0 saturated heterocycles. The fraction of sp³-hybridized carbons (Fsp3) is 0.538. The molecule has 90 valence electrons. The molecular formula is C13H23N3. The summed E-state index contributed by atoms with van der Waals surface area (Å²) in [7, 11) is 0. The largest absolute Gasteiger partial charge is 0.232 e. The molecule has 0 aromatic carbocycles. The van der Waals surface area contributed by atoms with Crippen molar-refractivity contribution in [3.05, 3.63) is 29.2 Å². The highest BCUT2D eigenvalue weighted by Crippen LogP contribution is 2.09. The Morgan fingerprint density at radius 1 is 0.938 bits per heavy atom. The highest BCUT2D eigenvalue weighted by atomic mass is 15.2. The Hall–Kier alpha value is -1.38. The maximum atomic E-state index is 4.35. The first-order chi connectivity index (χ1) is 7.66. The van der Waals surface area contributed by atoms with Crippen LogP contribution in [0.25, 0.3) is 5.65 Å². The number of aryl methyl sites for hydroxylation is 3. The van der Waals surface area contributed by atoms with Gasteiger partial charge in [0.25, 0.3) is 0 Å². The third-order valence-electron chi connectivity index (χ3n) is 1.85. The van der Waals surface area contributed by atoms with Crippen LogP contribution in [-0.2, 0) is 0 Å². The van der Waals surface area contributed by atoms with E-state index in [1.165, 1.54) is 5.56 Å². The van der Waals surface area contributed by atoms with Gasteiger partial charge in [0.15, 0.2) is 5.65 Å². The number of nitrogens with zero attached hydrogens (tertiary/aromatic N) is 3. The van der Waals surface area contributed by atoms with Gasteiger partial charge in [-0.1, -0.05) is 27.7 Å². The second-order valence-corrected chi connectivity index (χ2v) is 3.12. The summed E-state index contributed by atoms with van der Waals surface area (Å²) in [4.78, 5) is 4.35. The van der Waals surface area contributed by atoms with E-state index in [4.69, 9.17) is 0 Å². The molecule has 0 fully saturated rings. The molecule has 0 N–H and O–H groups in total. The van der Waals surface area contributed by atoms with Gasteiger partial charge < -0.3 is 0 Å². The first-order valence-electron chi connectivity index (χ1n) is 5.97. The summed E-state index contributed by atoms with van der Waals surface area (Å²) in [6.07, 6.45) is 1.94. The topological polar surface area (TPSA) is 30.2 Å². The van der Waals surface area contributed by atoms with Crippen molar-refractivity contribution in [2.45, 2.75) is 48.5 Å². The average molecular weight is 221 g/mol. The molecular weight excluding hydrogens is 198 g/mol. The SMILES string of the molecule is CC.CC.Cc1cn2nc(C)cc(C)c2n1. The molecule has 0 bridgehead atoms. The minimum Gasteiger partial charge on any atom is -0.232 e. The van der Waals surface area contributed by atoms with Gasteiger partial charge in [-0.3, -0.25) is 0 Å². The summed E-state index contributed by atoms with van der Waals surface area (Å²) in [5.74, 6) is 0. The molecule has 0 aliphatic heterocycles. The molecule has 0 unspecified atom stereocenters. The van der Waals surface area contributed by atoms with Crippen LogP contribution in [0, 0.1) is 20.8 Å². The van der Waals surface area contributed by atoms with Crippen LogP contribution >= 0.6 is 0 Å². The van der Waals surface area contributed by atoms with Crippen molar-refractivity contribution in [1.29, 1.82) is 0 Å². The molecule has 0 amide bonds. The summed E-state index contributed by atoms with van der Waals surface area (Å²) in [6.45, 7) is 14.0. The van der Waals surface area contributed by atoms with Crippen molar-refractivity contribution >= 4 is 5.65 Å². The van der Waals surface area contributed by atoms with Gasteiger partial charge in [-0.25, -0.2) is 9.50 Å². The lowest BCUT2D eigenvalue weighted by molar-refractivity contribution is 0.892. The zero-order chi connectivity index (χ0) is 12.7. The van der Waals surface area contributed by atoms with Crippen LogP contribution in [0.3, 0.4) is 0 Å². The monoisotopic (exact) mass is 221 g/mol. The second kappa shape index (κ2) is 6.99. The van der Waals surface area contributed by atoms with Gasteiger partial charge in [-0.2, -0.15) is 5.10 Å². The molecule has 2 aromatic rings. The predicted octanol–water partition coefficient (Wildman–Crippen LogP) is 3.71. The first kappa shape index (κ1) is 14.6. The summed E-state index contributed by atoms with van der Waals surface area (Å²) in [5.41, 5.74) is 4.17. The molecule has 3 heteroatoms. The Bertz CT molecular complexity index is 430. The highest BCUT2D eigenvalue weighted by Gasteiger charge is 2.01. The van der Waals surface area contributed by atoms with Crippen LogP contribution in [0.1, 0.15) is 44.6 Å². The maximum absolute atomic E-state index is 4.35. The summed E-state index contributed by atoms with van der Waals surface area (Å²) in [5, 5.41) is 4.31. The molecule has 0 radical (unpaired) electrons.